The molecule has 104 valence electrons. The highest BCUT2D eigenvalue weighted by atomic mass is 19.2. The first-order valence-electron chi connectivity index (χ1n) is 6.01. The van der Waals surface area contributed by atoms with Crippen molar-refractivity contribution in [2.45, 2.75) is 6.92 Å². The van der Waals surface area contributed by atoms with Gasteiger partial charge in [0.25, 0.3) is 0 Å². The van der Waals surface area contributed by atoms with E-state index in [9.17, 15) is 8.78 Å². The van der Waals surface area contributed by atoms with Crippen LogP contribution in [0.5, 0.6) is 0 Å². The number of nitrogens with one attached hydrogen (secondary N) is 2. The summed E-state index contributed by atoms with van der Waals surface area (Å²) >= 11 is 0. The van der Waals surface area contributed by atoms with Crippen molar-refractivity contribution < 1.29 is 8.78 Å². The fourth-order valence-corrected chi connectivity index (χ4v) is 1.62. The summed E-state index contributed by atoms with van der Waals surface area (Å²) in [4.78, 5) is 8.39. The van der Waals surface area contributed by atoms with Crippen molar-refractivity contribution in [1.29, 1.82) is 0 Å². The topological polar surface area (TPSA) is 49.8 Å². The third-order valence-electron chi connectivity index (χ3n) is 2.46. The van der Waals surface area contributed by atoms with Crippen LogP contribution in [0.25, 0.3) is 0 Å². The Labute approximate surface area is 115 Å². The number of halogens is 2. The van der Waals surface area contributed by atoms with E-state index in [0.717, 1.165) is 12.1 Å². The second kappa shape index (κ2) is 6.10. The Kier molecular flexibility index (Phi) is 4.24. The first-order chi connectivity index (χ1) is 9.58. The highest BCUT2D eigenvalue weighted by Crippen LogP contribution is 2.19. The van der Waals surface area contributed by atoms with Crippen molar-refractivity contribution in [1.82, 2.24) is 9.97 Å². The average molecular weight is 276 g/mol. The fourth-order valence-electron chi connectivity index (χ4n) is 1.62. The Morgan fingerprint density at radius 3 is 2.60 bits per heavy atom. The minimum Gasteiger partial charge on any atom is -0.366 e. The molecule has 1 aromatic heterocycles. The lowest BCUT2D eigenvalue weighted by Crippen LogP contribution is -2.04. The van der Waals surface area contributed by atoms with E-state index in [-0.39, 0.29) is 0 Å². The second-order valence-corrected chi connectivity index (χ2v) is 4.11. The number of hydrogen-bond donors (Lipinski definition) is 2. The van der Waals surface area contributed by atoms with Crippen molar-refractivity contribution in [3.63, 3.8) is 0 Å². The van der Waals surface area contributed by atoms with Gasteiger partial charge in [-0.25, -0.2) is 18.7 Å². The quantitative estimate of drug-likeness (QED) is 0.822. The van der Waals surface area contributed by atoms with E-state index in [0.29, 0.717) is 29.7 Å². The molecule has 1 heterocycles. The smallest absolute Gasteiger partial charge is 0.160 e. The summed E-state index contributed by atoms with van der Waals surface area (Å²) in [6.07, 6.45) is 1.71. The molecule has 1 aromatic carbocycles. The van der Waals surface area contributed by atoms with Crippen LogP contribution in [0.3, 0.4) is 0 Å². The third kappa shape index (κ3) is 3.50. The first-order valence-corrected chi connectivity index (χ1v) is 6.01. The molecule has 0 bridgehead atoms. The molecular formula is C14H14F2N4. The van der Waals surface area contributed by atoms with Crippen LogP contribution >= 0.6 is 0 Å². The molecule has 0 unspecified atom stereocenters. The molecule has 2 aromatic rings. The van der Waals surface area contributed by atoms with Crippen LogP contribution in [0, 0.1) is 18.6 Å². The van der Waals surface area contributed by atoms with Crippen molar-refractivity contribution in [3.8, 4) is 0 Å². The molecule has 0 radical (unpaired) electrons. The summed E-state index contributed by atoms with van der Waals surface area (Å²) in [5.74, 6) is -0.116. The van der Waals surface area contributed by atoms with Gasteiger partial charge in [0.1, 0.15) is 17.5 Å². The van der Waals surface area contributed by atoms with Crippen LogP contribution in [-0.2, 0) is 0 Å². The summed E-state index contributed by atoms with van der Waals surface area (Å²) in [5.41, 5.74) is 0.414. The molecule has 0 aliphatic heterocycles. The molecule has 0 saturated carbocycles. The number of anilines is 3. The van der Waals surface area contributed by atoms with Gasteiger partial charge in [-0.3, -0.25) is 0 Å². The summed E-state index contributed by atoms with van der Waals surface area (Å²) < 4.78 is 26.0. The Morgan fingerprint density at radius 1 is 1.15 bits per heavy atom. The minimum atomic E-state index is -0.911. The third-order valence-corrected chi connectivity index (χ3v) is 2.46. The van der Waals surface area contributed by atoms with E-state index in [1.54, 1.807) is 19.1 Å². The zero-order valence-electron chi connectivity index (χ0n) is 11.0. The summed E-state index contributed by atoms with van der Waals surface area (Å²) in [7, 11) is 0. The van der Waals surface area contributed by atoms with E-state index in [1.165, 1.54) is 6.07 Å². The highest BCUT2D eigenvalue weighted by Gasteiger charge is 2.05. The lowest BCUT2D eigenvalue weighted by atomic mass is 10.3. The SMILES string of the molecule is C=CCNc1cc(Nc2ccc(F)c(F)c2)nc(C)n1. The molecule has 0 saturated heterocycles. The summed E-state index contributed by atoms with van der Waals surface area (Å²) in [5, 5.41) is 5.94. The molecule has 2 N–H and O–H groups in total. The first kappa shape index (κ1) is 13.9. The van der Waals surface area contributed by atoms with Gasteiger partial charge < -0.3 is 10.6 Å². The second-order valence-electron chi connectivity index (χ2n) is 4.11. The van der Waals surface area contributed by atoms with Crippen LogP contribution in [-0.4, -0.2) is 16.5 Å². The van der Waals surface area contributed by atoms with Crippen LogP contribution in [0.15, 0.2) is 36.9 Å². The van der Waals surface area contributed by atoms with Gasteiger partial charge in [0.05, 0.1) is 0 Å². The van der Waals surface area contributed by atoms with Crippen molar-refractivity contribution in [2.24, 2.45) is 0 Å². The lowest BCUT2D eigenvalue weighted by molar-refractivity contribution is 0.509. The molecule has 20 heavy (non-hydrogen) atoms. The Bertz CT molecular complexity index is 629. The van der Waals surface area contributed by atoms with Crippen LogP contribution < -0.4 is 10.6 Å². The van der Waals surface area contributed by atoms with Gasteiger partial charge in [0.15, 0.2) is 11.6 Å². The minimum absolute atomic E-state index is 0.414. The van der Waals surface area contributed by atoms with Crippen LogP contribution in [0.1, 0.15) is 5.82 Å². The molecule has 0 atom stereocenters. The number of aromatic nitrogens is 2. The molecule has 2 rings (SSSR count). The van der Waals surface area contributed by atoms with Gasteiger partial charge in [0, 0.05) is 24.4 Å². The zero-order chi connectivity index (χ0) is 14.5. The van der Waals surface area contributed by atoms with E-state index in [1.807, 2.05) is 0 Å². The molecule has 4 nitrogen and oxygen atoms in total. The lowest BCUT2D eigenvalue weighted by Gasteiger charge is -2.09. The molecule has 6 heteroatoms. The van der Waals surface area contributed by atoms with Gasteiger partial charge in [-0.15, -0.1) is 6.58 Å². The van der Waals surface area contributed by atoms with Gasteiger partial charge in [0.2, 0.25) is 0 Å². The Hall–Kier alpha value is -2.50. The fraction of sp³-hybridized carbons (Fsp3) is 0.143. The molecule has 0 fully saturated rings. The molecule has 0 amide bonds. The van der Waals surface area contributed by atoms with Crippen molar-refractivity contribution >= 4 is 17.3 Å². The predicted octanol–water partition coefficient (Wildman–Crippen LogP) is 3.40. The monoisotopic (exact) mass is 276 g/mol. The van der Waals surface area contributed by atoms with Crippen LogP contribution in [0.2, 0.25) is 0 Å². The van der Waals surface area contributed by atoms with E-state index < -0.39 is 11.6 Å². The van der Waals surface area contributed by atoms with E-state index in [2.05, 4.69) is 27.2 Å². The number of rotatable bonds is 5. The standard InChI is InChI=1S/C14H14F2N4/c1-3-6-17-13-8-14(19-9(2)18-13)20-10-4-5-11(15)12(16)7-10/h3-5,7-8H,1,6H2,2H3,(H2,17,18,19,20). The maximum Gasteiger partial charge on any atom is 0.160 e. The van der Waals surface area contributed by atoms with Gasteiger partial charge in [-0.05, 0) is 19.1 Å². The predicted molar refractivity (Wildman–Crippen MR) is 75.1 cm³/mol. The number of nitrogens with zero attached hydrogens (tertiary/aromatic N) is 2. The highest BCUT2D eigenvalue weighted by molar-refractivity contribution is 5.59. The van der Waals surface area contributed by atoms with Crippen molar-refractivity contribution in [2.75, 3.05) is 17.2 Å². The maximum atomic E-state index is 13.1. The van der Waals surface area contributed by atoms with Crippen molar-refractivity contribution in [3.05, 3.63) is 54.4 Å². The van der Waals surface area contributed by atoms with Gasteiger partial charge >= 0.3 is 0 Å². The molecule has 0 aliphatic carbocycles. The largest absolute Gasteiger partial charge is 0.366 e. The van der Waals surface area contributed by atoms with E-state index >= 15 is 0 Å². The molecular weight excluding hydrogens is 262 g/mol. The summed E-state index contributed by atoms with van der Waals surface area (Å²) in [6, 6.07) is 5.25. The van der Waals surface area contributed by atoms with Crippen LogP contribution in [0.4, 0.5) is 26.1 Å². The number of aryl methyl sites for hydroxylation is 1. The summed E-state index contributed by atoms with van der Waals surface area (Å²) in [6.45, 7) is 5.92. The molecule has 0 aliphatic rings. The van der Waals surface area contributed by atoms with Gasteiger partial charge in [-0.2, -0.15) is 0 Å². The number of hydrogen-bond acceptors (Lipinski definition) is 4. The zero-order valence-corrected chi connectivity index (χ0v) is 11.0. The Balaban J connectivity index is 2.21. The van der Waals surface area contributed by atoms with E-state index in [4.69, 9.17) is 0 Å². The Morgan fingerprint density at radius 2 is 1.90 bits per heavy atom. The van der Waals surface area contributed by atoms with Gasteiger partial charge in [-0.1, -0.05) is 6.08 Å². The average Bonchev–Trinajstić information content (AvgIpc) is 2.40. The normalized spacial score (nSPS) is 10.2. The maximum absolute atomic E-state index is 13.1. The number of benzene rings is 1. The molecule has 0 spiro atoms.